The predicted octanol–water partition coefficient (Wildman–Crippen LogP) is 1.49. The number of nitrogens with zero attached hydrogens (tertiary/aromatic N) is 2. The molecule has 0 bridgehead atoms. The lowest BCUT2D eigenvalue weighted by atomic mass is 10.0. The lowest BCUT2D eigenvalue weighted by Crippen LogP contribution is -2.55. The Labute approximate surface area is 145 Å². The first-order chi connectivity index (χ1) is 11.8. The number of amides is 4. The molecule has 6 nitrogen and oxygen atoms in total. The third-order valence-corrected chi connectivity index (χ3v) is 4.53. The molecule has 0 spiro atoms. The van der Waals surface area contributed by atoms with Gasteiger partial charge in [0.05, 0.1) is 0 Å². The molecule has 25 heavy (non-hydrogen) atoms. The molecule has 1 aromatic carbocycles. The molecular weight excluding hydrogens is 320 g/mol. The van der Waals surface area contributed by atoms with Crippen LogP contribution >= 0.6 is 0 Å². The van der Waals surface area contributed by atoms with Gasteiger partial charge in [0.25, 0.3) is 23.6 Å². The van der Waals surface area contributed by atoms with Crippen LogP contribution in [0.15, 0.2) is 47.6 Å². The quantitative estimate of drug-likeness (QED) is 0.780. The Balaban J connectivity index is 2.02. The number of carbonyl (C=O) groups is 4. The first-order valence-corrected chi connectivity index (χ1v) is 7.97. The number of rotatable bonds is 4. The van der Waals surface area contributed by atoms with E-state index < -0.39 is 29.8 Å². The molecule has 6 heteroatoms. The molecular formula is C19H18N2O4. The highest BCUT2D eigenvalue weighted by Crippen LogP contribution is 2.26. The van der Waals surface area contributed by atoms with Crippen molar-refractivity contribution in [3.63, 3.8) is 0 Å². The molecule has 2 aliphatic heterocycles. The van der Waals surface area contributed by atoms with E-state index in [1.807, 2.05) is 31.2 Å². The van der Waals surface area contributed by atoms with Crippen molar-refractivity contribution in [2.24, 2.45) is 0 Å². The third kappa shape index (κ3) is 2.80. The normalized spacial score (nSPS) is 17.8. The van der Waals surface area contributed by atoms with Crippen LogP contribution in [0.4, 0.5) is 0 Å². The van der Waals surface area contributed by atoms with Gasteiger partial charge in [-0.25, -0.2) is 0 Å². The number of aryl methyl sites for hydroxylation is 1. The van der Waals surface area contributed by atoms with Crippen LogP contribution in [0.25, 0.3) is 0 Å². The molecule has 0 atom stereocenters. The summed E-state index contributed by atoms with van der Waals surface area (Å²) in [5.74, 6) is -1.97. The minimum atomic E-state index is -0.983. The van der Waals surface area contributed by atoms with Gasteiger partial charge in [-0.15, -0.1) is 0 Å². The van der Waals surface area contributed by atoms with Crippen molar-refractivity contribution in [3.05, 3.63) is 58.7 Å². The van der Waals surface area contributed by atoms with Crippen molar-refractivity contribution in [2.45, 2.75) is 33.4 Å². The molecule has 0 saturated carbocycles. The van der Waals surface area contributed by atoms with Crippen LogP contribution in [0.2, 0.25) is 0 Å². The molecule has 2 aliphatic rings. The minimum Gasteiger partial charge on any atom is -0.269 e. The van der Waals surface area contributed by atoms with E-state index in [2.05, 4.69) is 0 Å². The Kier molecular flexibility index (Phi) is 4.12. The maximum Gasteiger partial charge on any atom is 0.258 e. The van der Waals surface area contributed by atoms with Crippen LogP contribution in [0.5, 0.6) is 0 Å². The molecule has 0 saturated heterocycles. The molecule has 0 aromatic heterocycles. The molecule has 0 radical (unpaired) electrons. The van der Waals surface area contributed by atoms with E-state index in [-0.39, 0.29) is 6.42 Å². The van der Waals surface area contributed by atoms with Crippen molar-refractivity contribution in [1.29, 1.82) is 0 Å². The smallest absolute Gasteiger partial charge is 0.258 e. The summed E-state index contributed by atoms with van der Waals surface area (Å²) < 4.78 is 0. The van der Waals surface area contributed by atoms with Crippen LogP contribution in [0.3, 0.4) is 0 Å². The summed E-state index contributed by atoms with van der Waals surface area (Å²) in [5.41, 5.74) is 2.41. The van der Waals surface area contributed by atoms with Crippen LogP contribution in [0, 0.1) is 6.92 Å². The molecule has 1 aromatic rings. The van der Waals surface area contributed by atoms with Gasteiger partial charge in [0.2, 0.25) is 0 Å². The first-order valence-electron chi connectivity index (χ1n) is 7.97. The van der Waals surface area contributed by atoms with Gasteiger partial charge in [0.1, 0.15) is 6.17 Å². The van der Waals surface area contributed by atoms with Gasteiger partial charge in [-0.2, -0.15) is 0 Å². The summed E-state index contributed by atoms with van der Waals surface area (Å²) in [7, 11) is 0. The molecule has 0 aliphatic carbocycles. The fraction of sp³-hybridized carbons (Fsp3) is 0.263. The van der Waals surface area contributed by atoms with Gasteiger partial charge in [-0.05, 0) is 31.9 Å². The molecule has 0 unspecified atom stereocenters. The Morgan fingerprint density at radius 2 is 1.28 bits per heavy atom. The number of hydrogen-bond donors (Lipinski definition) is 0. The van der Waals surface area contributed by atoms with Crippen molar-refractivity contribution < 1.29 is 19.2 Å². The zero-order chi connectivity index (χ0) is 18.3. The van der Waals surface area contributed by atoms with E-state index in [0.717, 1.165) is 20.9 Å². The Bertz CT molecular complexity index is 818. The zero-order valence-electron chi connectivity index (χ0n) is 14.3. The number of imide groups is 2. The second-order valence-electron chi connectivity index (χ2n) is 6.29. The number of hydrogen-bond acceptors (Lipinski definition) is 4. The molecule has 3 rings (SSSR count). The summed E-state index contributed by atoms with van der Waals surface area (Å²) >= 11 is 0. The summed E-state index contributed by atoms with van der Waals surface area (Å²) in [6.07, 6.45) is 1.68. The lowest BCUT2D eigenvalue weighted by molar-refractivity contribution is -0.152. The van der Waals surface area contributed by atoms with Crippen LogP contribution < -0.4 is 0 Å². The van der Waals surface area contributed by atoms with E-state index in [1.165, 1.54) is 12.2 Å². The molecule has 4 amide bonds. The second-order valence-corrected chi connectivity index (χ2v) is 6.29. The van der Waals surface area contributed by atoms with E-state index in [4.69, 9.17) is 0 Å². The first kappa shape index (κ1) is 16.8. The van der Waals surface area contributed by atoms with Crippen molar-refractivity contribution in [1.82, 2.24) is 9.80 Å². The number of carbonyl (C=O) groups excluding carboxylic acids is 4. The van der Waals surface area contributed by atoms with E-state index in [9.17, 15) is 19.2 Å². The fourth-order valence-electron chi connectivity index (χ4n) is 3.11. The third-order valence-electron chi connectivity index (χ3n) is 4.53. The maximum absolute atomic E-state index is 12.5. The average Bonchev–Trinajstić information content (AvgIpc) is 2.95. The zero-order valence-corrected chi connectivity index (χ0v) is 14.3. The molecule has 2 heterocycles. The molecule has 0 fully saturated rings. The largest absolute Gasteiger partial charge is 0.269 e. The summed E-state index contributed by atoms with van der Waals surface area (Å²) in [4.78, 5) is 51.6. The fourth-order valence-corrected chi connectivity index (χ4v) is 3.11. The van der Waals surface area contributed by atoms with E-state index in [1.54, 1.807) is 13.8 Å². The molecule has 128 valence electrons. The van der Waals surface area contributed by atoms with Gasteiger partial charge in [0, 0.05) is 29.7 Å². The maximum atomic E-state index is 12.5. The number of benzene rings is 1. The highest BCUT2D eigenvalue weighted by molar-refractivity contribution is 6.19. The Hall–Kier alpha value is -3.02. The van der Waals surface area contributed by atoms with Crippen LogP contribution in [0.1, 0.15) is 25.0 Å². The summed E-state index contributed by atoms with van der Waals surface area (Å²) in [6.45, 7) is 4.99. The standard InChI is InChI=1S/C19H18N2O4/c1-11-6-4-5-7-14(11)10-15(20-16(22)8-12(2)18(20)24)21-17(23)9-13(3)19(21)25/h4-9,15H,10H2,1-3H3. The van der Waals surface area contributed by atoms with Gasteiger partial charge in [-0.1, -0.05) is 24.3 Å². The Morgan fingerprint density at radius 1 is 0.800 bits per heavy atom. The van der Waals surface area contributed by atoms with Crippen molar-refractivity contribution in [3.8, 4) is 0 Å². The van der Waals surface area contributed by atoms with Crippen molar-refractivity contribution in [2.75, 3.05) is 0 Å². The highest BCUT2D eigenvalue weighted by atomic mass is 16.2. The predicted molar refractivity (Wildman–Crippen MR) is 89.9 cm³/mol. The van der Waals surface area contributed by atoms with E-state index in [0.29, 0.717) is 11.1 Å². The van der Waals surface area contributed by atoms with Crippen LogP contribution in [-0.2, 0) is 25.6 Å². The van der Waals surface area contributed by atoms with Crippen LogP contribution in [-0.4, -0.2) is 39.6 Å². The average molecular weight is 338 g/mol. The topological polar surface area (TPSA) is 74.8 Å². The van der Waals surface area contributed by atoms with Gasteiger partial charge >= 0.3 is 0 Å². The lowest BCUT2D eigenvalue weighted by Gasteiger charge is -2.33. The van der Waals surface area contributed by atoms with Gasteiger partial charge in [0.15, 0.2) is 0 Å². The SMILES string of the molecule is CC1=CC(=O)N(C(Cc2ccccc2C)N2C(=O)C=C(C)C2=O)C1=O. The van der Waals surface area contributed by atoms with Gasteiger partial charge < -0.3 is 0 Å². The Morgan fingerprint density at radius 3 is 1.68 bits per heavy atom. The monoisotopic (exact) mass is 338 g/mol. The molecule has 0 N–H and O–H groups in total. The van der Waals surface area contributed by atoms with Gasteiger partial charge in [-0.3, -0.25) is 29.0 Å². The second kappa shape index (κ2) is 6.12. The van der Waals surface area contributed by atoms with E-state index >= 15 is 0 Å². The van der Waals surface area contributed by atoms with Crippen molar-refractivity contribution >= 4 is 23.6 Å². The minimum absolute atomic E-state index is 0.198. The summed E-state index contributed by atoms with van der Waals surface area (Å²) in [5, 5.41) is 0. The highest BCUT2D eigenvalue weighted by Gasteiger charge is 2.44. The summed E-state index contributed by atoms with van der Waals surface area (Å²) in [6, 6.07) is 7.48.